The second kappa shape index (κ2) is 4.27. The Morgan fingerprint density at radius 3 is 2.75 bits per heavy atom. The molecule has 6 heteroatoms. The molecule has 2 N–H and O–H groups in total. The van der Waals surface area contributed by atoms with Crippen molar-refractivity contribution in [3.63, 3.8) is 0 Å². The standard InChI is InChI=1S/C10H14ClN5/c1-7-9(10(11)15(2)14-7)5-16-4-8(3-12)13-6-16/h4,6H,3,5,12H2,1-2H3. The average molecular weight is 240 g/mol. The topological polar surface area (TPSA) is 61.7 Å². The van der Waals surface area contributed by atoms with E-state index in [1.54, 1.807) is 11.0 Å². The van der Waals surface area contributed by atoms with Crippen LogP contribution < -0.4 is 5.73 Å². The van der Waals surface area contributed by atoms with E-state index >= 15 is 0 Å². The number of rotatable bonds is 3. The molecule has 0 bridgehead atoms. The average Bonchev–Trinajstić information content (AvgIpc) is 2.80. The summed E-state index contributed by atoms with van der Waals surface area (Å²) >= 11 is 6.15. The molecule has 0 aliphatic heterocycles. The zero-order valence-electron chi connectivity index (χ0n) is 9.31. The Kier molecular flexibility index (Phi) is 2.98. The summed E-state index contributed by atoms with van der Waals surface area (Å²) in [4.78, 5) is 4.16. The summed E-state index contributed by atoms with van der Waals surface area (Å²) in [6.45, 7) is 3.07. The molecule has 0 aromatic carbocycles. The van der Waals surface area contributed by atoms with Crippen LogP contribution in [0.15, 0.2) is 12.5 Å². The molecule has 5 nitrogen and oxygen atoms in total. The maximum atomic E-state index is 6.15. The first-order valence-electron chi connectivity index (χ1n) is 5.00. The van der Waals surface area contributed by atoms with Gasteiger partial charge >= 0.3 is 0 Å². The molecule has 2 aromatic rings. The lowest BCUT2D eigenvalue weighted by atomic mass is 10.2. The number of nitrogens with two attached hydrogens (primary N) is 1. The number of imidazole rings is 1. The predicted octanol–water partition coefficient (Wildman–Crippen LogP) is 1.09. The highest BCUT2D eigenvalue weighted by atomic mass is 35.5. The minimum Gasteiger partial charge on any atom is -0.333 e. The van der Waals surface area contributed by atoms with Gasteiger partial charge in [0.15, 0.2) is 0 Å². The molecular formula is C10H14ClN5. The van der Waals surface area contributed by atoms with Gasteiger partial charge < -0.3 is 10.3 Å². The molecule has 0 aliphatic rings. The van der Waals surface area contributed by atoms with Crippen LogP contribution in [0, 0.1) is 6.92 Å². The molecule has 0 atom stereocenters. The monoisotopic (exact) mass is 239 g/mol. The fraction of sp³-hybridized carbons (Fsp3) is 0.400. The first-order chi connectivity index (χ1) is 7.61. The molecule has 0 radical (unpaired) electrons. The van der Waals surface area contributed by atoms with E-state index in [-0.39, 0.29) is 0 Å². The van der Waals surface area contributed by atoms with Crippen molar-refractivity contribution in [2.24, 2.45) is 12.8 Å². The maximum Gasteiger partial charge on any atom is 0.131 e. The maximum absolute atomic E-state index is 6.15. The highest BCUT2D eigenvalue weighted by Gasteiger charge is 2.11. The van der Waals surface area contributed by atoms with Crippen LogP contribution in [-0.4, -0.2) is 19.3 Å². The van der Waals surface area contributed by atoms with E-state index in [0.717, 1.165) is 17.0 Å². The summed E-state index contributed by atoms with van der Waals surface area (Å²) in [5.41, 5.74) is 8.33. The predicted molar refractivity (Wildman–Crippen MR) is 62.2 cm³/mol. The van der Waals surface area contributed by atoms with E-state index in [4.69, 9.17) is 17.3 Å². The molecule has 0 unspecified atom stereocenters. The number of hydrogen-bond donors (Lipinski definition) is 1. The first kappa shape index (κ1) is 11.2. The van der Waals surface area contributed by atoms with Crippen molar-refractivity contribution in [1.29, 1.82) is 0 Å². The lowest BCUT2D eigenvalue weighted by Crippen LogP contribution is -1.99. The molecular weight excluding hydrogens is 226 g/mol. The Bertz CT molecular complexity index is 499. The minimum atomic E-state index is 0.451. The highest BCUT2D eigenvalue weighted by Crippen LogP contribution is 2.19. The van der Waals surface area contributed by atoms with E-state index in [1.807, 2.05) is 24.7 Å². The van der Waals surface area contributed by atoms with Crippen LogP contribution >= 0.6 is 11.6 Å². The summed E-state index contributed by atoms with van der Waals surface area (Å²) in [5, 5.41) is 4.93. The largest absolute Gasteiger partial charge is 0.333 e. The summed E-state index contributed by atoms with van der Waals surface area (Å²) in [6.07, 6.45) is 3.67. The van der Waals surface area contributed by atoms with Crippen molar-refractivity contribution in [3.8, 4) is 0 Å². The van der Waals surface area contributed by atoms with Gasteiger partial charge in [0.1, 0.15) is 5.15 Å². The Morgan fingerprint density at radius 2 is 2.25 bits per heavy atom. The van der Waals surface area contributed by atoms with Crippen molar-refractivity contribution in [3.05, 3.63) is 34.6 Å². The van der Waals surface area contributed by atoms with Crippen LogP contribution in [0.4, 0.5) is 0 Å². The van der Waals surface area contributed by atoms with Crippen molar-refractivity contribution in [1.82, 2.24) is 19.3 Å². The summed E-state index contributed by atoms with van der Waals surface area (Å²) < 4.78 is 3.63. The number of nitrogens with zero attached hydrogens (tertiary/aromatic N) is 4. The van der Waals surface area contributed by atoms with Crippen LogP contribution in [0.25, 0.3) is 0 Å². The van der Waals surface area contributed by atoms with E-state index in [1.165, 1.54) is 0 Å². The summed E-state index contributed by atoms with van der Waals surface area (Å²) in [5.74, 6) is 0. The van der Waals surface area contributed by atoms with Gasteiger partial charge in [-0.1, -0.05) is 11.6 Å². The van der Waals surface area contributed by atoms with Gasteiger partial charge in [0.25, 0.3) is 0 Å². The van der Waals surface area contributed by atoms with Gasteiger partial charge in [-0.3, -0.25) is 4.68 Å². The second-order valence-electron chi connectivity index (χ2n) is 3.72. The first-order valence-corrected chi connectivity index (χ1v) is 5.38. The Morgan fingerprint density at radius 1 is 1.50 bits per heavy atom. The Hall–Kier alpha value is -1.33. The van der Waals surface area contributed by atoms with Crippen LogP contribution in [0.5, 0.6) is 0 Å². The second-order valence-corrected chi connectivity index (χ2v) is 4.08. The van der Waals surface area contributed by atoms with Crippen LogP contribution in [-0.2, 0) is 20.1 Å². The van der Waals surface area contributed by atoms with Crippen molar-refractivity contribution >= 4 is 11.6 Å². The number of aryl methyl sites for hydroxylation is 2. The summed E-state index contributed by atoms with van der Waals surface area (Å²) in [7, 11) is 1.83. The zero-order valence-corrected chi connectivity index (χ0v) is 10.1. The third-order valence-corrected chi connectivity index (χ3v) is 2.98. The van der Waals surface area contributed by atoms with Crippen molar-refractivity contribution in [2.45, 2.75) is 20.0 Å². The molecule has 0 aliphatic carbocycles. The third kappa shape index (κ3) is 1.96. The van der Waals surface area contributed by atoms with Crippen molar-refractivity contribution < 1.29 is 0 Å². The molecule has 0 spiro atoms. The van der Waals surface area contributed by atoms with E-state index in [2.05, 4.69) is 10.1 Å². The number of halogens is 1. The number of hydrogen-bond acceptors (Lipinski definition) is 3. The lowest BCUT2D eigenvalue weighted by molar-refractivity contribution is 0.756. The third-order valence-electron chi connectivity index (χ3n) is 2.51. The quantitative estimate of drug-likeness (QED) is 0.872. The fourth-order valence-corrected chi connectivity index (χ4v) is 1.87. The minimum absolute atomic E-state index is 0.451. The molecule has 0 saturated heterocycles. The molecule has 0 saturated carbocycles. The Labute approximate surface area is 98.8 Å². The van der Waals surface area contributed by atoms with Gasteiger partial charge in [0, 0.05) is 25.4 Å². The molecule has 86 valence electrons. The van der Waals surface area contributed by atoms with Crippen molar-refractivity contribution in [2.75, 3.05) is 0 Å². The molecule has 0 fully saturated rings. The van der Waals surface area contributed by atoms with Gasteiger partial charge in [0.05, 0.1) is 24.3 Å². The van der Waals surface area contributed by atoms with Gasteiger partial charge in [-0.25, -0.2) is 4.98 Å². The molecule has 2 heterocycles. The lowest BCUT2D eigenvalue weighted by Gasteiger charge is -2.01. The summed E-state index contributed by atoms with van der Waals surface area (Å²) in [6, 6.07) is 0. The van der Waals surface area contributed by atoms with E-state index < -0.39 is 0 Å². The Balaban J connectivity index is 2.26. The molecule has 2 aromatic heterocycles. The van der Waals surface area contributed by atoms with Gasteiger partial charge in [-0.15, -0.1) is 0 Å². The van der Waals surface area contributed by atoms with Crippen LogP contribution in [0.3, 0.4) is 0 Å². The van der Waals surface area contributed by atoms with Crippen LogP contribution in [0.1, 0.15) is 17.0 Å². The smallest absolute Gasteiger partial charge is 0.131 e. The fourth-order valence-electron chi connectivity index (χ4n) is 1.63. The highest BCUT2D eigenvalue weighted by molar-refractivity contribution is 6.30. The van der Waals surface area contributed by atoms with E-state index in [0.29, 0.717) is 18.2 Å². The zero-order chi connectivity index (χ0) is 11.7. The molecule has 0 amide bonds. The van der Waals surface area contributed by atoms with Crippen LogP contribution in [0.2, 0.25) is 5.15 Å². The van der Waals surface area contributed by atoms with Gasteiger partial charge in [-0.05, 0) is 6.92 Å². The van der Waals surface area contributed by atoms with Gasteiger partial charge in [-0.2, -0.15) is 5.10 Å². The SMILES string of the molecule is Cc1nn(C)c(Cl)c1Cn1cnc(CN)c1. The number of aromatic nitrogens is 4. The molecule has 16 heavy (non-hydrogen) atoms. The van der Waals surface area contributed by atoms with E-state index in [9.17, 15) is 0 Å². The normalized spacial score (nSPS) is 11.0. The van der Waals surface area contributed by atoms with Gasteiger partial charge in [0.2, 0.25) is 0 Å². The molecule has 2 rings (SSSR count).